The molecule has 0 bridgehead atoms. The Hall–Kier alpha value is -1.83. The van der Waals surface area contributed by atoms with E-state index in [1.165, 1.54) is 6.92 Å². The monoisotopic (exact) mass is 452 g/mol. The maximum atomic E-state index is 12.3. The summed E-state index contributed by atoms with van der Waals surface area (Å²) < 4.78 is 27.0. The van der Waals surface area contributed by atoms with Gasteiger partial charge in [-0.1, -0.05) is 20.8 Å². The van der Waals surface area contributed by atoms with Gasteiger partial charge in [0, 0.05) is 13.3 Å². The fraction of sp³-hybridized carbons (Fsp3) is 0.842. The number of aliphatic hydroxyl groups excluding tert-OH is 4. The second kappa shape index (κ2) is 12.9. The zero-order valence-electron chi connectivity index (χ0n) is 18.0. The van der Waals surface area contributed by atoms with Crippen LogP contribution in [-0.2, 0) is 38.1 Å². The molecule has 4 N–H and O–H groups in total. The lowest BCUT2D eigenvalue weighted by Gasteiger charge is -2.44. The number of hydrogen-bond acceptors (Lipinski definition) is 12. The van der Waals surface area contributed by atoms with E-state index in [0.29, 0.717) is 0 Å². The molecular weight excluding hydrogens is 420 g/mol. The van der Waals surface area contributed by atoms with Crippen LogP contribution >= 0.6 is 0 Å². The molecule has 0 saturated carbocycles. The Bertz CT molecular complexity index is 594. The molecule has 1 aliphatic heterocycles. The van der Waals surface area contributed by atoms with Gasteiger partial charge in [0.05, 0.1) is 25.7 Å². The highest BCUT2D eigenvalue weighted by atomic mass is 16.7. The molecule has 1 saturated heterocycles. The molecule has 7 atom stereocenters. The summed E-state index contributed by atoms with van der Waals surface area (Å²) in [4.78, 5) is 35.9. The quantitative estimate of drug-likeness (QED) is 0.206. The minimum Gasteiger partial charge on any atom is -0.456 e. The molecule has 1 rings (SSSR count). The van der Waals surface area contributed by atoms with Crippen LogP contribution in [0, 0.1) is 5.92 Å². The van der Waals surface area contributed by atoms with E-state index in [9.17, 15) is 29.7 Å². The number of carbonyl (C=O) groups is 3. The first-order chi connectivity index (χ1) is 14.5. The molecule has 0 amide bonds. The lowest BCUT2D eigenvalue weighted by atomic mass is 9.98. The van der Waals surface area contributed by atoms with Gasteiger partial charge in [-0.2, -0.15) is 0 Å². The van der Waals surface area contributed by atoms with E-state index >= 15 is 0 Å². The second-order valence-electron chi connectivity index (χ2n) is 7.31. The maximum absolute atomic E-state index is 12.3. The van der Waals surface area contributed by atoms with E-state index in [2.05, 4.69) is 0 Å². The third-order valence-corrected chi connectivity index (χ3v) is 4.42. The fourth-order valence-corrected chi connectivity index (χ4v) is 2.68. The molecule has 6 unspecified atom stereocenters. The Balaban J connectivity index is 3.26. The molecule has 180 valence electrons. The normalized spacial score (nSPS) is 28.0. The average molecular weight is 452 g/mol. The number of carbonyl (C=O) groups excluding carboxylic acids is 3. The molecule has 1 fully saturated rings. The molecule has 0 spiro atoms. The van der Waals surface area contributed by atoms with Crippen LogP contribution < -0.4 is 0 Å². The molecule has 0 aliphatic carbocycles. The smallest absolute Gasteiger partial charge is 0.308 e. The zero-order chi connectivity index (χ0) is 23.7. The lowest BCUT2D eigenvalue weighted by molar-refractivity contribution is -0.312. The third-order valence-electron chi connectivity index (χ3n) is 4.42. The highest BCUT2D eigenvalue weighted by Gasteiger charge is 2.52. The molecule has 1 aliphatic rings. The van der Waals surface area contributed by atoms with Crippen LogP contribution in [0.3, 0.4) is 0 Å². The van der Waals surface area contributed by atoms with Crippen molar-refractivity contribution in [1.29, 1.82) is 0 Å². The van der Waals surface area contributed by atoms with Crippen LogP contribution in [0.15, 0.2) is 0 Å². The number of rotatable bonds is 11. The summed E-state index contributed by atoms with van der Waals surface area (Å²) in [5.41, 5.74) is 0. The first-order valence-electron chi connectivity index (χ1n) is 9.97. The molecule has 0 radical (unpaired) electrons. The van der Waals surface area contributed by atoms with Gasteiger partial charge in [-0.3, -0.25) is 14.4 Å². The van der Waals surface area contributed by atoms with Crippen molar-refractivity contribution in [3.8, 4) is 0 Å². The van der Waals surface area contributed by atoms with Gasteiger partial charge in [-0.25, -0.2) is 0 Å². The summed E-state index contributed by atoms with van der Waals surface area (Å²) in [6.07, 6.45) is -9.83. The highest BCUT2D eigenvalue weighted by Crippen LogP contribution is 2.30. The first-order valence-corrected chi connectivity index (χ1v) is 9.97. The van der Waals surface area contributed by atoms with E-state index in [-0.39, 0.29) is 6.42 Å². The van der Waals surface area contributed by atoms with Crippen LogP contribution in [0.25, 0.3) is 0 Å². The SMILES string of the molecule is CCC(=O)OC1C(OC[C@@H](O)C(O)CO)OC(CO)C(OC(C)=O)C1OC(=O)C(C)C. The minimum atomic E-state index is -1.51. The van der Waals surface area contributed by atoms with Crippen molar-refractivity contribution in [3.63, 3.8) is 0 Å². The summed E-state index contributed by atoms with van der Waals surface area (Å²) in [5.74, 6) is -2.71. The van der Waals surface area contributed by atoms with E-state index in [1.807, 2.05) is 0 Å². The summed E-state index contributed by atoms with van der Waals surface area (Å²) in [6.45, 7) is 3.83. The topological polar surface area (TPSA) is 178 Å². The third kappa shape index (κ3) is 7.98. The summed E-state index contributed by atoms with van der Waals surface area (Å²) >= 11 is 0. The lowest BCUT2D eigenvalue weighted by Crippen LogP contribution is -2.63. The van der Waals surface area contributed by atoms with Crippen molar-refractivity contribution in [3.05, 3.63) is 0 Å². The molecule has 0 aromatic carbocycles. The molecule has 12 heteroatoms. The Morgan fingerprint density at radius 2 is 1.61 bits per heavy atom. The van der Waals surface area contributed by atoms with Gasteiger partial charge in [0.1, 0.15) is 18.3 Å². The number of esters is 3. The van der Waals surface area contributed by atoms with E-state index in [1.54, 1.807) is 13.8 Å². The maximum Gasteiger partial charge on any atom is 0.308 e. The predicted octanol–water partition coefficient (Wildman–Crippen LogP) is -1.74. The molecule has 1 heterocycles. The van der Waals surface area contributed by atoms with Gasteiger partial charge in [-0.15, -0.1) is 0 Å². The van der Waals surface area contributed by atoms with Crippen molar-refractivity contribution in [2.45, 2.75) is 77.0 Å². The largest absolute Gasteiger partial charge is 0.456 e. The minimum absolute atomic E-state index is 0.0401. The molecule has 0 aromatic rings. The first kappa shape index (κ1) is 27.2. The number of ether oxygens (including phenoxy) is 5. The molecule has 12 nitrogen and oxygen atoms in total. The van der Waals surface area contributed by atoms with Gasteiger partial charge in [-0.05, 0) is 0 Å². The van der Waals surface area contributed by atoms with E-state index in [0.717, 1.165) is 6.92 Å². The Kier molecular flexibility index (Phi) is 11.3. The Morgan fingerprint density at radius 1 is 0.968 bits per heavy atom. The summed E-state index contributed by atoms with van der Waals surface area (Å²) in [6, 6.07) is 0. The Labute approximate surface area is 180 Å². The fourth-order valence-electron chi connectivity index (χ4n) is 2.68. The van der Waals surface area contributed by atoms with Crippen molar-refractivity contribution in [2.75, 3.05) is 19.8 Å². The predicted molar refractivity (Wildman–Crippen MR) is 101 cm³/mol. The van der Waals surface area contributed by atoms with Crippen LogP contribution in [-0.4, -0.2) is 101 Å². The zero-order valence-corrected chi connectivity index (χ0v) is 18.0. The number of aliphatic hydroxyl groups is 4. The van der Waals surface area contributed by atoms with Gasteiger partial charge in [0.15, 0.2) is 24.6 Å². The standard InChI is InChI=1S/C19H32O12/c1-5-14(25)30-17-16(31-18(26)9(2)3)15(28-10(4)22)13(7-21)29-19(17)27-8-12(24)11(23)6-20/h9,11-13,15-17,19-21,23-24H,5-8H2,1-4H3/t11?,12-,13?,15?,16?,17?,19?/m1/s1. The molecule has 31 heavy (non-hydrogen) atoms. The van der Waals surface area contributed by atoms with Crippen LogP contribution in [0.2, 0.25) is 0 Å². The van der Waals surface area contributed by atoms with Crippen LogP contribution in [0.4, 0.5) is 0 Å². The van der Waals surface area contributed by atoms with Crippen LogP contribution in [0.1, 0.15) is 34.1 Å². The number of hydrogen-bond donors (Lipinski definition) is 4. The summed E-state index contributed by atoms with van der Waals surface area (Å²) in [7, 11) is 0. The Morgan fingerprint density at radius 3 is 2.10 bits per heavy atom. The van der Waals surface area contributed by atoms with Gasteiger partial charge in [0.2, 0.25) is 0 Å². The van der Waals surface area contributed by atoms with Crippen molar-refractivity contribution >= 4 is 17.9 Å². The van der Waals surface area contributed by atoms with Gasteiger partial charge < -0.3 is 44.1 Å². The van der Waals surface area contributed by atoms with Crippen molar-refractivity contribution in [1.82, 2.24) is 0 Å². The van der Waals surface area contributed by atoms with E-state index < -0.39 is 86.6 Å². The van der Waals surface area contributed by atoms with E-state index in [4.69, 9.17) is 28.8 Å². The molecule has 0 aromatic heterocycles. The average Bonchev–Trinajstić information content (AvgIpc) is 2.73. The highest BCUT2D eigenvalue weighted by molar-refractivity contribution is 5.72. The van der Waals surface area contributed by atoms with Crippen molar-refractivity contribution in [2.24, 2.45) is 5.92 Å². The van der Waals surface area contributed by atoms with Gasteiger partial charge in [0.25, 0.3) is 0 Å². The van der Waals surface area contributed by atoms with Crippen molar-refractivity contribution < 1.29 is 58.5 Å². The van der Waals surface area contributed by atoms with Gasteiger partial charge >= 0.3 is 17.9 Å². The second-order valence-corrected chi connectivity index (χ2v) is 7.31. The molecular formula is C19H32O12. The summed E-state index contributed by atoms with van der Waals surface area (Å²) in [5, 5.41) is 38.0. The van der Waals surface area contributed by atoms with Crippen LogP contribution in [0.5, 0.6) is 0 Å².